The second kappa shape index (κ2) is 3.56. The summed E-state index contributed by atoms with van der Waals surface area (Å²) in [6.07, 6.45) is 4.70. The van der Waals surface area contributed by atoms with Crippen molar-refractivity contribution in [1.82, 2.24) is 0 Å². The first kappa shape index (κ1) is 9.71. The molecule has 0 saturated carbocycles. The lowest BCUT2D eigenvalue weighted by Gasteiger charge is -2.10. The first-order chi connectivity index (χ1) is 5.97. The topological polar surface area (TPSA) is 39.3 Å². The summed E-state index contributed by atoms with van der Waals surface area (Å²) in [5, 5.41) is 10.7. The van der Waals surface area contributed by atoms with E-state index in [-0.39, 0.29) is 5.54 Å². The van der Waals surface area contributed by atoms with Crippen LogP contribution in [0.1, 0.15) is 26.3 Å². The van der Waals surface area contributed by atoms with E-state index in [1.807, 2.05) is 20.8 Å². The maximum absolute atomic E-state index is 10.7. The number of rotatable bonds is 1. The highest BCUT2D eigenvalue weighted by atomic mass is 16.5. The number of aliphatic imine (C=N–C) groups is 1. The predicted molar refractivity (Wildman–Crippen MR) is 52.7 cm³/mol. The zero-order chi connectivity index (χ0) is 9.90. The van der Waals surface area contributed by atoms with Crippen molar-refractivity contribution in [3.05, 3.63) is 35.3 Å². The lowest BCUT2D eigenvalue weighted by Crippen LogP contribution is -2.23. The first-order valence-corrected chi connectivity index (χ1v) is 4.21. The van der Waals surface area contributed by atoms with Crippen molar-refractivity contribution in [3.63, 3.8) is 0 Å². The maximum Gasteiger partial charge on any atom is 0.181 e. The standard InChI is InChI=1S/C10H14N2O/c1-10(2,3)11-8-9-4-6-12(13)7-5-9/h4-8H,1-3H3. The van der Waals surface area contributed by atoms with Gasteiger partial charge in [0.05, 0.1) is 5.54 Å². The molecule has 1 rings (SSSR count). The van der Waals surface area contributed by atoms with Gasteiger partial charge in [0.2, 0.25) is 0 Å². The fourth-order valence-electron chi connectivity index (χ4n) is 0.779. The lowest BCUT2D eigenvalue weighted by atomic mass is 10.1. The van der Waals surface area contributed by atoms with Crippen molar-refractivity contribution in [2.24, 2.45) is 4.99 Å². The largest absolute Gasteiger partial charge is 0.619 e. The van der Waals surface area contributed by atoms with Crippen molar-refractivity contribution in [2.45, 2.75) is 26.3 Å². The summed E-state index contributed by atoms with van der Waals surface area (Å²) in [6.45, 7) is 6.08. The van der Waals surface area contributed by atoms with Gasteiger partial charge >= 0.3 is 0 Å². The molecule has 0 aliphatic rings. The molecule has 0 aliphatic carbocycles. The molecular weight excluding hydrogens is 164 g/mol. The minimum Gasteiger partial charge on any atom is -0.619 e. The van der Waals surface area contributed by atoms with Crippen LogP contribution in [0.2, 0.25) is 0 Å². The van der Waals surface area contributed by atoms with Gasteiger partial charge in [-0.2, -0.15) is 4.73 Å². The number of hydrogen-bond acceptors (Lipinski definition) is 2. The molecule has 70 valence electrons. The summed E-state index contributed by atoms with van der Waals surface area (Å²) in [7, 11) is 0. The zero-order valence-electron chi connectivity index (χ0n) is 8.19. The molecule has 0 N–H and O–H groups in total. The first-order valence-electron chi connectivity index (χ1n) is 4.21. The molecule has 0 amide bonds. The van der Waals surface area contributed by atoms with Crippen LogP contribution in [-0.4, -0.2) is 11.8 Å². The molecule has 0 spiro atoms. The Hall–Kier alpha value is -1.38. The Balaban J connectivity index is 2.75. The summed E-state index contributed by atoms with van der Waals surface area (Å²) in [4.78, 5) is 4.32. The quantitative estimate of drug-likeness (QED) is 0.365. The Kier molecular flexibility index (Phi) is 2.66. The third-order valence-electron chi connectivity index (χ3n) is 1.43. The molecule has 0 aliphatic heterocycles. The number of nitrogens with zero attached hydrogens (tertiary/aromatic N) is 2. The molecule has 0 bridgehead atoms. The number of pyridine rings is 1. The summed E-state index contributed by atoms with van der Waals surface area (Å²) >= 11 is 0. The van der Waals surface area contributed by atoms with Crippen molar-refractivity contribution in [3.8, 4) is 0 Å². The molecule has 0 unspecified atom stereocenters. The van der Waals surface area contributed by atoms with Gasteiger partial charge in [-0.25, -0.2) is 0 Å². The van der Waals surface area contributed by atoms with Gasteiger partial charge in [0.1, 0.15) is 0 Å². The van der Waals surface area contributed by atoms with E-state index < -0.39 is 0 Å². The van der Waals surface area contributed by atoms with Gasteiger partial charge in [0.25, 0.3) is 0 Å². The molecule has 1 aromatic rings. The highest BCUT2D eigenvalue weighted by molar-refractivity contribution is 5.79. The zero-order valence-corrected chi connectivity index (χ0v) is 8.19. The van der Waals surface area contributed by atoms with Gasteiger partial charge < -0.3 is 5.21 Å². The molecule has 0 atom stereocenters. The van der Waals surface area contributed by atoms with Gasteiger partial charge in [-0.1, -0.05) is 0 Å². The number of hydrogen-bond donors (Lipinski definition) is 0. The van der Waals surface area contributed by atoms with Crippen molar-refractivity contribution in [1.29, 1.82) is 0 Å². The number of aromatic nitrogens is 1. The fraction of sp³-hybridized carbons (Fsp3) is 0.400. The molecule has 13 heavy (non-hydrogen) atoms. The molecular formula is C10H14N2O. The molecule has 0 radical (unpaired) electrons. The molecule has 0 fully saturated rings. The van der Waals surface area contributed by atoms with Crippen LogP contribution in [0, 0.1) is 5.21 Å². The third-order valence-corrected chi connectivity index (χ3v) is 1.43. The Bertz CT molecular complexity index is 296. The van der Waals surface area contributed by atoms with Crippen molar-refractivity contribution < 1.29 is 4.73 Å². The summed E-state index contributed by atoms with van der Waals surface area (Å²) in [6, 6.07) is 3.48. The van der Waals surface area contributed by atoms with Crippen LogP contribution in [0.25, 0.3) is 0 Å². The van der Waals surface area contributed by atoms with Crippen LogP contribution in [-0.2, 0) is 0 Å². The van der Waals surface area contributed by atoms with Crippen LogP contribution >= 0.6 is 0 Å². The van der Waals surface area contributed by atoms with Gasteiger partial charge in [0, 0.05) is 23.9 Å². The Morgan fingerprint density at radius 2 is 1.85 bits per heavy atom. The monoisotopic (exact) mass is 178 g/mol. The minimum atomic E-state index is -0.0662. The average Bonchev–Trinajstić information content (AvgIpc) is 2.02. The van der Waals surface area contributed by atoms with Gasteiger partial charge in [-0.3, -0.25) is 4.99 Å². The van der Waals surface area contributed by atoms with Crippen LogP contribution in [0.3, 0.4) is 0 Å². The molecule has 3 nitrogen and oxygen atoms in total. The van der Waals surface area contributed by atoms with Gasteiger partial charge in [-0.15, -0.1) is 0 Å². The second-order valence-corrected chi connectivity index (χ2v) is 3.92. The molecule has 0 saturated heterocycles. The maximum atomic E-state index is 10.7. The third kappa shape index (κ3) is 3.69. The van der Waals surface area contributed by atoms with E-state index >= 15 is 0 Å². The Labute approximate surface area is 78.3 Å². The SMILES string of the molecule is CC(C)(C)N=Cc1cc[n+]([O-])cc1. The van der Waals surface area contributed by atoms with Crippen LogP contribution in [0.4, 0.5) is 0 Å². The summed E-state index contributed by atoms with van der Waals surface area (Å²) in [5.41, 5.74) is 0.880. The fourth-order valence-corrected chi connectivity index (χ4v) is 0.779. The molecule has 1 heterocycles. The van der Waals surface area contributed by atoms with Crippen molar-refractivity contribution in [2.75, 3.05) is 0 Å². The van der Waals surface area contributed by atoms with Gasteiger partial charge in [0.15, 0.2) is 12.4 Å². The van der Waals surface area contributed by atoms with E-state index in [9.17, 15) is 5.21 Å². The van der Waals surface area contributed by atoms with E-state index in [0.717, 1.165) is 10.3 Å². The van der Waals surface area contributed by atoms with Crippen molar-refractivity contribution >= 4 is 6.21 Å². The van der Waals surface area contributed by atoms with E-state index in [1.54, 1.807) is 18.3 Å². The van der Waals surface area contributed by atoms with Crippen LogP contribution in [0.5, 0.6) is 0 Å². The normalized spacial score (nSPS) is 12.2. The lowest BCUT2D eigenvalue weighted by molar-refractivity contribution is -0.605. The summed E-state index contributed by atoms with van der Waals surface area (Å²) in [5.74, 6) is 0. The Morgan fingerprint density at radius 3 is 2.31 bits per heavy atom. The predicted octanol–water partition coefficient (Wildman–Crippen LogP) is 1.54. The highest BCUT2D eigenvalue weighted by Crippen LogP contribution is 2.05. The van der Waals surface area contributed by atoms with Gasteiger partial charge in [-0.05, 0) is 20.8 Å². The minimum absolute atomic E-state index is 0.0662. The smallest absolute Gasteiger partial charge is 0.181 e. The van der Waals surface area contributed by atoms with E-state index in [1.165, 1.54) is 12.4 Å². The molecule has 0 aromatic carbocycles. The van der Waals surface area contributed by atoms with Crippen LogP contribution in [0.15, 0.2) is 29.5 Å². The van der Waals surface area contributed by atoms with E-state index in [0.29, 0.717) is 0 Å². The van der Waals surface area contributed by atoms with E-state index in [4.69, 9.17) is 0 Å². The van der Waals surface area contributed by atoms with Crippen LogP contribution < -0.4 is 4.73 Å². The second-order valence-electron chi connectivity index (χ2n) is 3.92. The molecule has 3 heteroatoms. The molecule has 1 aromatic heterocycles. The Morgan fingerprint density at radius 1 is 1.31 bits per heavy atom. The average molecular weight is 178 g/mol. The summed E-state index contributed by atoms with van der Waals surface area (Å²) < 4.78 is 0.758. The highest BCUT2D eigenvalue weighted by Gasteiger charge is 2.04. The van der Waals surface area contributed by atoms with E-state index in [2.05, 4.69) is 4.99 Å².